The standard InChI is InChI=1S/C15H15NO4/c1-2-20-11-8-6-10(7-9-11)16-15(19)14-12(17)4-3-5-13(14)18/h3-9,17-18H,2H2,1H3,(H,16,19). The lowest BCUT2D eigenvalue weighted by Crippen LogP contribution is -2.12. The monoisotopic (exact) mass is 273 g/mol. The zero-order chi connectivity index (χ0) is 14.5. The maximum Gasteiger partial charge on any atom is 0.263 e. The van der Waals surface area contributed by atoms with Crippen LogP contribution >= 0.6 is 0 Å². The smallest absolute Gasteiger partial charge is 0.263 e. The molecule has 0 radical (unpaired) electrons. The van der Waals surface area contributed by atoms with Crippen molar-refractivity contribution in [3.8, 4) is 17.2 Å². The fraction of sp³-hybridized carbons (Fsp3) is 0.133. The van der Waals surface area contributed by atoms with Crippen molar-refractivity contribution in [2.75, 3.05) is 11.9 Å². The van der Waals surface area contributed by atoms with E-state index < -0.39 is 5.91 Å². The van der Waals surface area contributed by atoms with Crippen LogP contribution in [-0.2, 0) is 0 Å². The number of hydrogen-bond acceptors (Lipinski definition) is 4. The van der Waals surface area contributed by atoms with Gasteiger partial charge in [0.15, 0.2) is 0 Å². The topological polar surface area (TPSA) is 78.8 Å². The quantitative estimate of drug-likeness (QED) is 0.800. The van der Waals surface area contributed by atoms with E-state index in [1.807, 2.05) is 6.92 Å². The van der Waals surface area contributed by atoms with Crippen LogP contribution in [0.25, 0.3) is 0 Å². The molecule has 5 heteroatoms. The van der Waals surface area contributed by atoms with Crippen LogP contribution in [0.2, 0.25) is 0 Å². The molecule has 0 fully saturated rings. The summed E-state index contributed by atoms with van der Waals surface area (Å²) in [5, 5.41) is 21.8. The van der Waals surface area contributed by atoms with E-state index in [0.717, 1.165) is 0 Å². The Morgan fingerprint density at radius 3 is 2.25 bits per heavy atom. The summed E-state index contributed by atoms with van der Waals surface area (Å²) < 4.78 is 5.30. The number of anilines is 1. The third-order valence-corrected chi connectivity index (χ3v) is 2.67. The number of aromatic hydroxyl groups is 2. The summed E-state index contributed by atoms with van der Waals surface area (Å²) >= 11 is 0. The lowest BCUT2D eigenvalue weighted by atomic mass is 10.1. The summed E-state index contributed by atoms with van der Waals surface area (Å²) in [6.07, 6.45) is 0. The SMILES string of the molecule is CCOc1ccc(NC(=O)c2c(O)cccc2O)cc1. The van der Waals surface area contributed by atoms with Crippen molar-refractivity contribution >= 4 is 11.6 Å². The maximum absolute atomic E-state index is 12.0. The molecule has 0 unspecified atom stereocenters. The summed E-state index contributed by atoms with van der Waals surface area (Å²) in [5.74, 6) is -0.414. The largest absolute Gasteiger partial charge is 0.507 e. The van der Waals surface area contributed by atoms with E-state index in [1.54, 1.807) is 24.3 Å². The highest BCUT2D eigenvalue weighted by Crippen LogP contribution is 2.27. The van der Waals surface area contributed by atoms with E-state index in [-0.39, 0.29) is 17.1 Å². The summed E-state index contributed by atoms with van der Waals surface area (Å²) in [5.41, 5.74) is 0.391. The van der Waals surface area contributed by atoms with Crippen molar-refractivity contribution < 1.29 is 19.7 Å². The number of ether oxygens (including phenoxy) is 1. The fourth-order valence-electron chi connectivity index (χ4n) is 1.76. The molecule has 0 aliphatic rings. The van der Waals surface area contributed by atoms with Gasteiger partial charge in [0.25, 0.3) is 5.91 Å². The molecule has 0 bridgehead atoms. The highest BCUT2D eigenvalue weighted by molar-refractivity contribution is 6.08. The number of rotatable bonds is 4. The third-order valence-electron chi connectivity index (χ3n) is 2.67. The van der Waals surface area contributed by atoms with Crippen molar-refractivity contribution in [3.63, 3.8) is 0 Å². The van der Waals surface area contributed by atoms with E-state index in [4.69, 9.17) is 4.74 Å². The van der Waals surface area contributed by atoms with Gasteiger partial charge in [-0.25, -0.2) is 0 Å². The van der Waals surface area contributed by atoms with Crippen LogP contribution in [0.15, 0.2) is 42.5 Å². The van der Waals surface area contributed by atoms with Gasteiger partial charge in [0.2, 0.25) is 0 Å². The van der Waals surface area contributed by atoms with E-state index in [0.29, 0.717) is 18.0 Å². The average Bonchev–Trinajstić information content (AvgIpc) is 2.41. The maximum atomic E-state index is 12.0. The van der Waals surface area contributed by atoms with E-state index in [2.05, 4.69) is 5.32 Å². The number of nitrogens with one attached hydrogen (secondary N) is 1. The molecule has 0 atom stereocenters. The first-order valence-electron chi connectivity index (χ1n) is 6.17. The van der Waals surface area contributed by atoms with Crippen LogP contribution in [0, 0.1) is 0 Å². The summed E-state index contributed by atoms with van der Waals surface area (Å²) in [4.78, 5) is 12.0. The minimum atomic E-state index is -0.579. The molecule has 0 heterocycles. The van der Waals surface area contributed by atoms with Gasteiger partial charge in [-0.2, -0.15) is 0 Å². The summed E-state index contributed by atoms with van der Waals surface area (Å²) in [6, 6.07) is 10.9. The highest BCUT2D eigenvalue weighted by Gasteiger charge is 2.15. The molecular weight excluding hydrogens is 258 g/mol. The molecule has 5 nitrogen and oxygen atoms in total. The molecule has 0 aromatic heterocycles. The first kappa shape index (κ1) is 13.7. The zero-order valence-corrected chi connectivity index (χ0v) is 11.0. The van der Waals surface area contributed by atoms with Crippen molar-refractivity contribution in [1.29, 1.82) is 0 Å². The number of carbonyl (C=O) groups excluding carboxylic acids is 1. The molecular formula is C15H15NO4. The Morgan fingerprint density at radius 1 is 1.10 bits per heavy atom. The zero-order valence-electron chi connectivity index (χ0n) is 11.0. The Hall–Kier alpha value is -2.69. The van der Waals surface area contributed by atoms with Gasteiger partial charge in [0.1, 0.15) is 22.8 Å². The number of benzene rings is 2. The summed E-state index contributed by atoms with van der Waals surface area (Å²) in [6.45, 7) is 2.45. The summed E-state index contributed by atoms with van der Waals surface area (Å²) in [7, 11) is 0. The second-order valence-corrected chi connectivity index (χ2v) is 4.08. The number of phenolic OH excluding ortho intramolecular Hbond substituents is 2. The highest BCUT2D eigenvalue weighted by atomic mass is 16.5. The van der Waals surface area contributed by atoms with Crippen LogP contribution in [0.1, 0.15) is 17.3 Å². The van der Waals surface area contributed by atoms with Crippen LogP contribution in [0.5, 0.6) is 17.2 Å². The van der Waals surface area contributed by atoms with Gasteiger partial charge in [-0.15, -0.1) is 0 Å². The second-order valence-electron chi connectivity index (χ2n) is 4.08. The predicted octanol–water partition coefficient (Wildman–Crippen LogP) is 2.75. The number of amides is 1. The lowest BCUT2D eigenvalue weighted by molar-refractivity contribution is 0.102. The van der Waals surface area contributed by atoms with Crippen LogP contribution in [0.3, 0.4) is 0 Å². The van der Waals surface area contributed by atoms with Crippen LogP contribution in [0.4, 0.5) is 5.69 Å². The number of carbonyl (C=O) groups is 1. The molecule has 2 rings (SSSR count). The number of phenols is 2. The molecule has 0 aliphatic carbocycles. The molecule has 2 aromatic rings. The lowest BCUT2D eigenvalue weighted by Gasteiger charge is -2.09. The Morgan fingerprint density at radius 2 is 1.70 bits per heavy atom. The fourth-order valence-corrected chi connectivity index (χ4v) is 1.76. The first-order chi connectivity index (χ1) is 9.61. The van der Waals surface area contributed by atoms with Crippen LogP contribution in [-0.4, -0.2) is 22.7 Å². The Kier molecular flexibility index (Phi) is 4.10. The normalized spacial score (nSPS) is 10.1. The average molecular weight is 273 g/mol. The van der Waals surface area contributed by atoms with Gasteiger partial charge < -0.3 is 20.3 Å². The molecule has 104 valence electrons. The molecule has 3 N–H and O–H groups in total. The molecule has 0 spiro atoms. The van der Waals surface area contributed by atoms with Gasteiger partial charge in [0, 0.05) is 5.69 Å². The van der Waals surface area contributed by atoms with Gasteiger partial charge in [-0.1, -0.05) is 6.07 Å². The first-order valence-corrected chi connectivity index (χ1v) is 6.17. The molecule has 2 aromatic carbocycles. The number of hydrogen-bond donors (Lipinski definition) is 3. The Labute approximate surface area is 116 Å². The van der Waals surface area contributed by atoms with E-state index in [9.17, 15) is 15.0 Å². The van der Waals surface area contributed by atoms with Gasteiger partial charge >= 0.3 is 0 Å². The van der Waals surface area contributed by atoms with E-state index in [1.165, 1.54) is 18.2 Å². The van der Waals surface area contributed by atoms with Crippen molar-refractivity contribution in [3.05, 3.63) is 48.0 Å². The van der Waals surface area contributed by atoms with Crippen molar-refractivity contribution in [2.45, 2.75) is 6.92 Å². The minimum absolute atomic E-state index is 0.151. The van der Waals surface area contributed by atoms with E-state index >= 15 is 0 Å². The molecule has 20 heavy (non-hydrogen) atoms. The van der Waals surface area contributed by atoms with Gasteiger partial charge in [-0.3, -0.25) is 4.79 Å². The Bertz CT molecular complexity index is 588. The molecule has 0 saturated heterocycles. The Balaban J connectivity index is 2.15. The van der Waals surface area contributed by atoms with Crippen LogP contribution < -0.4 is 10.1 Å². The van der Waals surface area contributed by atoms with Crippen molar-refractivity contribution in [2.24, 2.45) is 0 Å². The molecule has 1 amide bonds. The van der Waals surface area contributed by atoms with Crippen molar-refractivity contribution in [1.82, 2.24) is 0 Å². The minimum Gasteiger partial charge on any atom is -0.507 e. The second kappa shape index (κ2) is 5.97. The molecule has 0 saturated carbocycles. The van der Waals surface area contributed by atoms with Gasteiger partial charge in [0.05, 0.1) is 6.61 Å². The predicted molar refractivity (Wildman–Crippen MR) is 75.3 cm³/mol. The van der Waals surface area contributed by atoms with Gasteiger partial charge in [-0.05, 0) is 43.3 Å². The molecule has 0 aliphatic heterocycles. The third kappa shape index (κ3) is 3.00.